The molecule has 0 aromatic heterocycles. The molecule has 0 heteroatoms. The maximum atomic E-state index is 2.55. The van der Waals surface area contributed by atoms with E-state index in [1.807, 2.05) is 0 Å². The number of allylic oxidation sites excluding steroid dienone is 2. The van der Waals surface area contributed by atoms with Gasteiger partial charge in [0.1, 0.15) is 0 Å². The Labute approximate surface area is 69.7 Å². The van der Waals surface area contributed by atoms with Crippen molar-refractivity contribution in [3.05, 3.63) is 11.6 Å². The minimum Gasteiger partial charge on any atom is -0.0811 e. The molecule has 0 aromatic carbocycles. The summed E-state index contributed by atoms with van der Waals surface area (Å²) in [4.78, 5) is 0. The Morgan fingerprint density at radius 1 is 0.909 bits per heavy atom. The zero-order valence-electron chi connectivity index (χ0n) is 7.96. The summed E-state index contributed by atoms with van der Waals surface area (Å²) in [5.74, 6) is 4.46. The molecule has 0 fully saturated rings. The average molecular weight is 150 g/mol. The van der Waals surface area contributed by atoms with Crippen LogP contribution in [0.15, 0.2) is 11.6 Å². The predicted octanol–water partition coefficient (Wildman–Crippen LogP) is 3.10. The van der Waals surface area contributed by atoms with Crippen molar-refractivity contribution in [2.24, 2.45) is 29.6 Å². The minimum atomic E-state index is 0.867. The lowest BCUT2D eigenvalue weighted by Gasteiger charge is -2.34. The Hall–Kier alpha value is -0.260. The first kappa shape index (κ1) is 7.39. The lowest BCUT2D eigenvalue weighted by atomic mass is 9.70. The Balaban J connectivity index is 2.28. The molecule has 0 saturated carbocycles. The van der Waals surface area contributed by atoms with E-state index >= 15 is 0 Å². The first-order valence-electron chi connectivity index (χ1n) is 4.84. The molecule has 0 saturated heterocycles. The summed E-state index contributed by atoms with van der Waals surface area (Å²) < 4.78 is 0. The quantitative estimate of drug-likeness (QED) is 0.465. The van der Waals surface area contributed by atoms with Gasteiger partial charge in [-0.05, 0) is 29.6 Å². The topological polar surface area (TPSA) is 0 Å². The second-order valence-corrected chi connectivity index (χ2v) is 4.54. The number of fused-ring (bicyclic) bond motifs is 1. The van der Waals surface area contributed by atoms with Gasteiger partial charge < -0.3 is 0 Å². The van der Waals surface area contributed by atoms with Crippen LogP contribution >= 0.6 is 0 Å². The van der Waals surface area contributed by atoms with Crippen LogP contribution in [0.2, 0.25) is 0 Å². The molecule has 0 aliphatic heterocycles. The molecule has 2 aliphatic carbocycles. The smallest absolute Gasteiger partial charge is 0.0168 e. The van der Waals surface area contributed by atoms with Crippen molar-refractivity contribution < 1.29 is 0 Å². The molecule has 0 radical (unpaired) electrons. The zero-order valence-corrected chi connectivity index (χ0v) is 7.96. The van der Waals surface area contributed by atoms with Gasteiger partial charge in [0.2, 0.25) is 0 Å². The summed E-state index contributed by atoms with van der Waals surface area (Å²) in [7, 11) is 0. The Morgan fingerprint density at radius 2 is 1.36 bits per heavy atom. The molecule has 0 nitrogen and oxygen atoms in total. The molecule has 0 N–H and O–H groups in total. The molecular weight excluding hydrogens is 132 g/mol. The van der Waals surface area contributed by atoms with Crippen molar-refractivity contribution in [2.45, 2.75) is 27.7 Å². The van der Waals surface area contributed by atoms with E-state index in [1.165, 1.54) is 0 Å². The largest absolute Gasteiger partial charge is 0.0811 e. The van der Waals surface area contributed by atoms with Gasteiger partial charge in [-0.2, -0.15) is 0 Å². The summed E-state index contributed by atoms with van der Waals surface area (Å²) in [6.07, 6.45) is 2.55. The maximum absolute atomic E-state index is 2.55. The van der Waals surface area contributed by atoms with E-state index < -0.39 is 0 Å². The third-order valence-corrected chi connectivity index (χ3v) is 4.23. The van der Waals surface area contributed by atoms with E-state index in [4.69, 9.17) is 0 Å². The van der Waals surface area contributed by atoms with Crippen LogP contribution in [-0.4, -0.2) is 0 Å². The van der Waals surface area contributed by atoms with Crippen molar-refractivity contribution in [1.29, 1.82) is 0 Å². The third-order valence-electron chi connectivity index (χ3n) is 4.23. The van der Waals surface area contributed by atoms with E-state index in [1.54, 1.807) is 5.57 Å². The highest BCUT2D eigenvalue weighted by atomic mass is 14.5. The van der Waals surface area contributed by atoms with Crippen molar-refractivity contribution in [3.8, 4) is 0 Å². The van der Waals surface area contributed by atoms with Crippen LogP contribution < -0.4 is 0 Å². The van der Waals surface area contributed by atoms with Crippen molar-refractivity contribution >= 4 is 0 Å². The molecule has 4 unspecified atom stereocenters. The standard InChI is InChI=1S/C11H18/c1-6-7(2)11-5-10(6)8(3)9(11)4/h5-10H,1-4H3. The molecule has 0 aromatic rings. The molecular formula is C11H18. The van der Waals surface area contributed by atoms with E-state index in [0.717, 1.165) is 29.6 Å². The van der Waals surface area contributed by atoms with Gasteiger partial charge in [0, 0.05) is 0 Å². The van der Waals surface area contributed by atoms with Crippen molar-refractivity contribution in [3.63, 3.8) is 0 Å². The Kier molecular flexibility index (Phi) is 1.42. The Bertz CT molecular complexity index is 184. The molecule has 2 bridgehead atoms. The predicted molar refractivity (Wildman–Crippen MR) is 48.2 cm³/mol. The van der Waals surface area contributed by atoms with Crippen LogP contribution in [0.1, 0.15) is 27.7 Å². The van der Waals surface area contributed by atoms with Crippen LogP contribution in [0.4, 0.5) is 0 Å². The molecule has 0 heterocycles. The minimum absolute atomic E-state index is 0.867. The monoisotopic (exact) mass is 150 g/mol. The second-order valence-electron chi connectivity index (χ2n) is 4.54. The van der Waals surface area contributed by atoms with Gasteiger partial charge in [-0.25, -0.2) is 0 Å². The number of hydrogen-bond acceptors (Lipinski definition) is 0. The first-order chi connectivity index (χ1) is 5.13. The molecule has 2 aliphatic rings. The van der Waals surface area contributed by atoms with Gasteiger partial charge in [-0.15, -0.1) is 0 Å². The molecule has 11 heavy (non-hydrogen) atoms. The van der Waals surface area contributed by atoms with Crippen LogP contribution in [0.3, 0.4) is 0 Å². The van der Waals surface area contributed by atoms with Gasteiger partial charge in [0.25, 0.3) is 0 Å². The zero-order chi connectivity index (χ0) is 8.17. The van der Waals surface area contributed by atoms with Gasteiger partial charge in [-0.1, -0.05) is 39.3 Å². The van der Waals surface area contributed by atoms with Gasteiger partial charge in [0.05, 0.1) is 0 Å². The SMILES string of the molecule is CC1C2=CC(C1C)C(C)C2C. The highest BCUT2D eigenvalue weighted by Gasteiger charge is 2.44. The summed E-state index contributed by atoms with van der Waals surface area (Å²) in [6, 6.07) is 0. The van der Waals surface area contributed by atoms with E-state index in [-0.39, 0.29) is 0 Å². The normalized spacial score (nSPS) is 54.9. The fourth-order valence-corrected chi connectivity index (χ4v) is 3.00. The fraction of sp³-hybridized carbons (Fsp3) is 0.818. The molecule has 4 atom stereocenters. The average Bonchev–Trinajstić information content (AvgIpc) is 2.40. The van der Waals surface area contributed by atoms with Gasteiger partial charge in [-0.3, -0.25) is 0 Å². The molecule has 2 rings (SSSR count). The summed E-state index contributed by atoms with van der Waals surface area (Å²) in [5, 5.41) is 0. The first-order valence-corrected chi connectivity index (χ1v) is 4.84. The molecule has 0 spiro atoms. The van der Waals surface area contributed by atoms with Crippen molar-refractivity contribution in [2.75, 3.05) is 0 Å². The second kappa shape index (κ2) is 2.12. The Morgan fingerprint density at radius 3 is 1.64 bits per heavy atom. The lowest BCUT2D eigenvalue weighted by Crippen LogP contribution is -2.28. The van der Waals surface area contributed by atoms with E-state index in [2.05, 4.69) is 33.8 Å². The van der Waals surface area contributed by atoms with Crippen LogP contribution in [0.5, 0.6) is 0 Å². The van der Waals surface area contributed by atoms with Crippen LogP contribution in [0.25, 0.3) is 0 Å². The number of rotatable bonds is 0. The molecule has 0 amide bonds. The van der Waals surface area contributed by atoms with Crippen LogP contribution in [-0.2, 0) is 0 Å². The summed E-state index contributed by atoms with van der Waals surface area (Å²) in [6.45, 7) is 9.58. The van der Waals surface area contributed by atoms with Gasteiger partial charge >= 0.3 is 0 Å². The third kappa shape index (κ3) is 0.758. The summed E-state index contributed by atoms with van der Waals surface area (Å²) in [5.41, 5.74) is 1.75. The van der Waals surface area contributed by atoms with E-state index in [0.29, 0.717) is 0 Å². The highest BCUT2D eigenvalue weighted by molar-refractivity contribution is 5.27. The number of hydrogen-bond donors (Lipinski definition) is 0. The maximum Gasteiger partial charge on any atom is -0.0168 e. The fourth-order valence-electron chi connectivity index (χ4n) is 3.00. The van der Waals surface area contributed by atoms with Gasteiger partial charge in [0.15, 0.2) is 0 Å². The lowest BCUT2D eigenvalue weighted by molar-refractivity contribution is 0.206. The van der Waals surface area contributed by atoms with Crippen LogP contribution in [0, 0.1) is 29.6 Å². The summed E-state index contributed by atoms with van der Waals surface area (Å²) >= 11 is 0. The van der Waals surface area contributed by atoms with Crippen molar-refractivity contribution in [1.82, 2.24) is 0 Å². The molecule has 62 valence electrons. The van der Waals surface area contributed by atoms with E-state index in [9.17, 15) is 0 Å². The highest BCUT2D eigenvalue weighted by Crippen LogP contribution is 2.52.